The Morgan fingerprint density at radius 3 is 3.00 bits per heavy atom. The molecule has 0 saturated carbocycles. The number of hydrogen-bond donors (Lipinski definition) is 1. The average molecular weight is 353 g/mol. The smallest absolute Gasteiger partial charge is 0.133 e. The van der Waals surface area contributed by atoms with Gasteiger partial charge in [-0.05, 0) is 32.8 Å². The molecule has 0 radical (unpaired) electrons. The van der Waals surface area contributed by atoms with Crippen molar-refractivity contribution in [3.8, 4) is 11.4 Å². The predicted molar refractivity (Wildman–Crippen MR) is 97.6 cm³/mol. The Morgan fingerprint density at radius 2 is 2.23 bits per heavy atom. The average Bonchev–Trinajstić information content (AvgIpc) is 3.36. The molecule has 1 aliphatic carbocycles. The molecule has 2 atom stereocenters. The van der Waals surface area contributed by atoms with Gasteiger partial charge in [0.1, 0.15) is 17.8 Å². The van der Waals surface area contributed by atoms with Gasteiger partial charge in [-0.3, -0.25) is 5.10 Å². The van der Waals surface area contributed by atoms with Crippen molar-refractivity contribution in [1.82, 2.24) is 20.2 Å². The van der Waals surface area contributed by atoms with Gasteiger partial charge in [-0.2, -0.15) is 5.10 Å². The number of ether oxygens (including phenoxy) is 2. The van der Waals surface area contributed by atoms with Crippen molar-refractivity contribution in [1.29, 1.82) is 0 Å². The summed E-state index contributed by atoms with van der Waals surface area (Å²) in [5.41, 5.74) is 3.94. The fourth-order valence-electron chi connectivity index (χ4n) is 4.12. The molecule has 26 heavy (non-hydrogen) atoms. The van der Waals surface area contributed by atoms with E-state index in [-0.39, 0.29) is 6.10 Å². The third-order valence-electron chi connectivity index (χ3n) is 5.29. The van der Waals surface area contributed by atoms with Crippen LogP contribution in [0, 0.1) is 0 Å². The van der Waals surface area contributed by atoms with E-state index in [9.17, 15) is 0 Å². The van der Waals surface area contributed by atoms with Gasteiger partial charge in [-0.25, -0.2) is 9.97 Å². The van der Waals surface area contributed by atoms with Crippen LogP contribution in [0.2, 0.25) is 0 Å². The first-order valence-electron chi connectivity index (χ1n) is 9.32. The Balaban J connectivity index is 1.48. The van der Waals surface area contributed by atoms with E-state index in [1.165, 1.54) is 0 Å². The van der Waals surface area contributed by atoms with Crippen molar-refractivity contribution in [2.75, 3.05) is 18.1 Å². The van der Waals surface area contributed by atoms with Crippen LogP contribution in [0.25, 0.3) is 17.5 Å². The summed E-state index contributed by atoms with van der Waals surface area (Å²) >= 11 is 0. The molecule has 0 spiro atoms. The molecule has 2 aromatic heterocycles. The van der Waals surface area contributed by atoms with Crippen LogP contribution < -0.4 is 4.90 Å². The molecule has 2 bridgehead atoms. The number of rotatable bonds is 4. The van der Waals surface area contributed by atoms with Crippen LogP contribution in [0.15, 0.2) is 18.2 Å². The highest BCUT2D eigenvalue weighted by Gasteiger charge is 2.39. The lowest BCUT2D eigenvalue weighted by atomic mass is 10.00. The number of hydrogen-bond acceptors (Lipinski definition) is 6. The normalized spacial score (nSPS) is 24.1. The zero-order valence-corrected chi connectivity index (χ0v) is 15.1. The van der Waals surface area contributed by atoms with Crippen molar-refractivity contribution in [3.05, 3.63) is 29.4 Å². The monoisotopic (exact) mass is 353 g/mol. The molecule has 136 valence electrons. The number of nitrogens with one attached hydrogen (secondary N) is 1. The standard InChI is InChI=1S/C19H23N5O2/c1-11(2)26-13-3-4-16-15(6-13)19(23-22-16)17-7-18(21-10-20-17)24-8-14-5-12(24)9-25-14/h6-7,10-12,14H,3-5,8-9H2,1-2H3,(H,22,23). The van der Waals surface area contributed by atoms with E-state index < -0.39 is 0 Å². The van der Waals surface area contributed by atoms with Crippen molar-refractivity contribution in [2.24, 2.45) is 0 Å². The van der Waals surface area contributed by atoms with Crippen LogP contribution in [-0.4, -0.2) is 51.6 Å². The van der Waals surface area contributed by atoms with Gasteiger partial charge in [0.15, 0.2) is 0 Å². The molecule has 0 amide bonds. The molecule has 7 heteroatoms. The SMILES string of the molecule is CC(C)OC1=Cc2c(-c3cc(N4CC5CC4CO5)ncn3)n[nH]c2CC1. The van der Waals surface area contributed by atoms with Crippen LogP contribution in [0.5, 0.6) is 0 Å². The first-order chi connectivity index (χ1) is 12.7. The van der Waals surface area contributed by atoms with Gasteiger partial charge >= 0.3 is 0 Å². The van der Waals surface area contributed by atoms with E-state index >= 15 is 0 Å². The highest BCUT2D eigenvalue weighted by molar-refractivity contribution is 5.74. The number of allylic oxidation sites excluding steroid dienone is 1. The largest absolute Gasteiger partial charge is 0.495 e. The van der Waals surface area contributed by atoms with Crippen LogP contribution in [0.1, 0.15) is 37.9 Å². The molecule has 2 aromatic rings. The lowest BCUT2D eigenvalue weighted by Crippen LogP contribution is -2.37. The second-order valence-corrected chi connectivity index (χ2v) is 7.50. The number of aromatic nitrogens is 4. The maximum absolute atomic E-state index is 5.91. The number of morpholine rings is 1. The predicted octanol–water partition coefficient (Wildman–Crippen LogP) is 2.56. The van der Waals surface area contributed by atoms with Gasteiger partial charge in [-0.1, -0.05) is 0 Å². The Morgan fingerprint density at radius 1 is 1.31 bits per heavy atom. The van der Waals surface area contributed by atoms with Gasteiger partial charge in [0.2, 0.25) is 0 Å². The molecule has 1 N–H and O–H groups in total. The molecular formula is C19H23N5O2. The van der Waals surface area contributed by atoms with E-state index in [1.54, 1.807) is 6.33 Å². The number of aryl methyl sites for hydroxylation is 1. The highest BCUT2D eigenvalue weighted by Crippen LogP contribution is 2.34. The molecular weight excluding hydrogens is 330 g/mol. The molecule has 3 aliphatic rings. The van der Waals surface area contributed by atoms with E-state index in [0.29, 0.717) is 12.1 Å². The van der Waals surface area contributed by atoms with Crippen LogP contribution in [0.4, 0.5) is 5.82 Å². The lowest BCUT2D eigenvalue weighted by molar-refractivity contribution is 0.0989. The van der Waals surface area contributed by atoms with Gasteiger partial charge < -0.3 is 14.4 Å². The Kier molecular flexibility index (Phi) is 3.70. The Hall–Kier alpha value is -2.41. The summed E-state index contributed by atoms with van der Waals surface area (Å²) in [6.07, 6.45) is 7.16. The third-order valence-corrected chi connectivity index (χ3v) is 5.29. The summed E-state index contributed by atoms with van der Waals surface area (Å²) in [4.78, 5) is 11.3. The van der Waals surface area contributed by atoms with Crippen LogP contribution in [-0.2, 0) is 15.9 Å². The molecule has 4 heterocycles. The first kappa shape index (κ1) is 15.8. The number of H-pyrrole nitrogens is 1. The van der Waals surface area contributed by atoms with Crippen molar-refractivity contribution < 1.29 is 9.47 Å². The maximum atomic E-state index is 5.91. The highest BCUT2D eigenvalue weighted by atomic mass is 16.5. The molecule has 5 rings (SSSR count). The minimum absolute atomic E-state index is 0.177. The van der Waals surface area contributed by atoms with Crippen LogP contribution >= 0.6 is 0 Å². The molecule has 2 unspecified atom stereocenters. The Labute approximate surface area is 152 Å². The first-order valence-corrected chi connectivity index (χ1v) is 9.32. The van der Waals surface area contributed by atoms with Crippen molar-refractivity contribution in [2.45, 2.75) is 51.4 Å². The van der Waals surface area contributed by atoms with Crippen molar-refractivity contribution >= 4 is 11.9 Å². The zero-order chi connectivity index (χ0) is 17.7. The zero-order valence-electron chi connectivity index (χ0n) is 15.1. The lowest BCUT2D eigenvalue weighted by Gasteiger charge is -2.27. The number of anilines is 1. The summed E-state index contributed by atoms with van der Waals surface area (Å²) < 4.78 is 11.6. The topological polar surface area (TPSA) is 76.2 Å². The number of aromatic amines is 1. The molecule has 2 fully saturated rings. The second kappa shape index (κ2) is 6.09. The second-order valence-electron chi connectivity index (χ2n) is 7.50. The number of fused-ring (bicyclic) bond motifs is 3. The molecule has 0 aromatic carbocycles. The fourth-order valence-corrected chi connectivity index (χ4v) is 4.12. The summed E-state index contributed by atoms with van der Waals surface area (Å²) in [5, 5.41) is 7.71. The molecule has 7 nitrogen and oxygen atoms in total. The maximum Gasteiger partial charge on any atom is 0.133 e. The minimum atomic E-state index is 0.177. The van der Waals surface area contributed by atoms with E-state index in [4.69, 9.17) is 9.47 Å². The van der Waals surface area contributed by atoms with Crippen molar-refractivity contribution in [3.63, 3.8) is 0 Å². The molecule has 2 saturated heterocycles. The van der Waals surface area contributed by atoms with Gasteiger partial charge in [0.25, 0.3) is 0 Å². The number of nitrogens with zero attached hydrogens (tertiary/aromatic N) is 4. The quantitative estimate of drug-likeness (QED) is 0.910. The summed E-state index contributed by atoms with van der Waals surface area (Å²) in [6.45, 7) is 5.81. The fraction of sp³-hybridized carbons (Fsp3) is 0.526. The summed E-state index contributed by atoms with van der Waals surface area (Å²) in [6, 6.07) is 2.48. The van der Waals surface area contributed by atoms with E-state index in [1.807, 2.05) is 6.07 Å². The van der Waals surface area contributed by atoms with E-state index in [2.05, 4.69) is 45.0 Å². The molecule has 2 aliphatic heterocycles. The van der Waals surface area contributed by atoms with E-state index in [0.717, 1.165) is 66.6 Å². The third kappa shape index (κ3) is 2.67. The van der Waals surface area contributed by atoms with Crippen LogP contribution in [0.3, 0.4) is 0 Å². The Bertz CT molecular complexity index is 859. The summed E-state index contributed by atoms with van der Waals surface area (Å²) in [7, 11) is 0. The van der Waals surface area contributed by atoms with Gasteiger partial charge in [0.05, 0.1) is 36.3 Å². The van der Waals surface area contributed by atoms with Gasteiger partial charge in [0, 0.05) is 30.3 Å². The van der Waals surface area contributed by atoms with Gasteiger partial charge in [-0.15, -0.1) is 0 Å². The minimum Gasteiger partial charge on any atom is -0.495 e. The summed E-state index contributed by atoms with van der Waals surface area (Å²) in [5.74, 6) is 1.97.